The lowest BCUT2D eigenvalue weighted by Gasteiger charge is -2.04. The van der Waals surface area contributed by atoms with Gasteiger partial charge in [0.05, 0.1) is 19.0 Å². The number of nitrogens with one attached hydrogen (secondary N) is 2. The predicted octanol–water partition coefficient (Wildman–Crippen LogP) is 2.66. The highest BCUT2D eigenvalue weighted by atomic mass is 35.5. The molecule has 0 atom stereocenters. The van der Waals surface area contributed by atoms with Gasteiger partial charge in [-0.15, -0.1) is 0 Å². The van der Waals surface area contributed by atoms with Gasteiger partial charge in [0.15, 0.2) is 0 Å². The summed E-state index contributed by atoms with van der Waals surface area (Å²) in [4.78, 5) is 11.2. The van der Waals surface area contributed by atoms with E-state index in [1.54, 1.807) is 6.21 Å². The average Bonchev–Trinajstić information content (AvgIpc) is 2.51. The Kier molecular flexibility index (Phi) is 5.34. The molecule has 0 aliphatic heterocycles. The van der Waals surface area contributed by atoms with Crippen molar-refractivity contribution in [2.45, 2.75) is 13.3 Å². The lowest BCUT2D eigenvalue weighted by atomic mass is 10.2. The van der Waals surface area contributed by atoms with Gasteiger partial charge < -0.3 is 4.74 Å². The first-order chi connectivity index (χ1) is 10.2. The van der Waals surface area contributed by atoms with Crippen molar-refractivity contribution in [3.05, 3.63) is 51.4 Å². The molecule has 0 radical (unpaired) electrons. The summed E-state index contributed by atoms with van der Waals surface area (Å²) in [6.07, 6.45) is 3.97. The maximum absolute atomic E-state index is 11.2. The third-order valence-corrected chi connectivity index (χ3v) is 2.92. The number of aromatic nitrogens is 2. The van der Waals surface area contributed by atoms with E-state index in [1.807, 2.05) is 24.3 Å². The Hall–Kier alpha value is -2.34. The Morgan fingerprint density at radius 1 is 1.43 bits per heavy atom. The van der Waals surface area contributed by atoms with Gasteiger partial charge in [-0.1, -0.05) is 18.5 Å². The quantitative estimate of drug-likeness (QED) is 0.635. The number of nitrogens with zero attached hydrogens (tertiary/aromatic N) is 2. The van der Waals surface area contributed by atoms with E-state index in [4.69, 9.17) is 16.3 Å². The molecule has 21 heavy (non-hydrogen) atoms. The first-order valence-corrected chi connectivity index (χ1v) is 6.83. The minimum atomic E-state index is -0.464. The summed E-state index contributed by atoms with van der Waals surface area (Å²) in [5, 5.41) is 9.90. The Labute approximate surface area is 126 Å². The van der Waals surface area contributed by atoms with Gasteiger partial charge in [0.2, 0.25) is 0 Å². The molecule has 0 spiro atoms. The summed E-state index contributed by atoms with van der Waals surface area (Å²) < 4.78 is 5.49. The first kappa shape index (κ1) is 15.1. The van der Waals surface area contributed by atoms with Gasteiger partial charge in [0, 0.05) is 0 Å². The van der Waals surface area contributed by atoms with Gasteiger partial charge in [0.25, 0.3) is 5.56 Å². The van der Waals surface area contributed by atoms with Crippen LogP contribution in [-0.4, -0.2) is 23.0 Å². The summed E-state index contributed by atoms with van der Waals surface area (Å²) in [6.45, 7) is 2.75. The monoisotopic (exact) mass is 306 g/mol. The highest BCUT2D eigenvalue weighted by Crippen LogP contribution is 2.14. The zero-order valence-electron chi connectivity index (χ0n) is 11.5. The van der Waals surface area contributed by atoms with Crippen molar-refractivity contribution in [2.24, 2.45) is 5.10 Å². The molecule has 1 aromatic carbocycles. The molecule has 110 valence electrons. The number of hydrazone groups is 1. The van der Waals surface area contributed by atoms with Crippen molar-refractivity contribution in [2.75, 3.05) is 12.0 Å². The highest BCUT2D eigenvalue weighted by Gasteiger charge is 2.02. The summed E-state index contributed by atoms with van der Waals surface area (Å²) in [6, 6.07) is 7.51. The van der Waals surface area contributed by atoms with Crippen LogP contribution in [0, 0.1) is 0 Å². The number of anilines is 1. The number of hydrogen-bond donors (Lipinski definition) is 2. The van der Waals surface area contributed by atoms with Crippen molar-refractivity contribution < 1.29 is 4.74 Å². The van der Waals surface area contributed by atoms with Gasteiger partial charge in [-0.2, -0.15) is 10.2 Å². The molecule has 2 N–H and O–H groups in total. The van der Waals surface area contributed by atoms with Crippen molar-refractivity contribution in [1.82, 2.24) is 10.2 Å². The largest absolute Gasteiger partial charge is 0.494 e. The fourth-order valence-corrected chi connectivity index (χ4v) is 1.64. The van der Waals surface area contributed by atoms with Crippen LogP contribution in [-0.2, 0) is 0 Å². The molecule has 0 aliphatic rings. The van der Waals surface area contributed by atoms with E-state index in [0.717, 1.165) is 17.7 Å². The topological polar surface area (TPSA) is 79.4 Å². The van der Waals surface area contributed by atoms with Crippen molar-refractivity contribution in [3.63, 3.8) is 0 Å². The zero-order valence-corrected chi connectivity index (χ0v) is 12.2. The molecule has 0 aliphatic carbocycles. The molecule has 1 aromatic heterocycles. The Balaban J connectivity index is 1.98. The van der Waals surface area contributed by atoms with E-state index in [9.17, 15) is 4.79 Å². The minimum absolute atomic E-state index is 0.0189. The Morgan fingerprint density at radius 2 is 2.19 bits per heavy atom. The summed E-state index contributed by atoms with van der Waals surface area (Å²) >= 11 is 5.81. The molecule has 0 unspecified atom stereocenters. The van der Waals surface area contributed by atoms with Crippen molar-refractivity contribution in [3.8, 4) is 5.75 Å². The fourth-order valence-electron chi connectivity index (χ4n) is 1.51. The van der Waals surface area contributed by atoms with E-state index in [-0.39, 0.29) is 5.02 Å². The maximum atomic E-state index is 11.2. The molecule has 0 amide bonds. The third-order valence-electron chi connectivity index (χ3n) is 2.55. The van der Waals surface area contributed by atoms with Crippen LogP contribution in [0.15, 0.2) is 40.4 Å². The van der Waals surface area contributed by atoms with Gasteiger partial charge in [0.1, 0.15) is 16.5 Å². The first-order valence-electron chi connectivity index (χ1n) is 6.46. The number of halogens is 1. The number of H-pyrrole nitrogens is 1. The van der Waals surface area contributed by atoms with Crippen molar-refractivity contribution >= 4 is 23.5 Å². The molecule has 0 fully saturated rings. The second-order valence-corrected chi connectivity index (χ2v) is 4.59. The van der Waals surface area contributed by atoms with E-state index in [0.29, 0.717) is 12.3 Å². The lowest BCUT2D eigenvalue weighted by molar-refractivity contribution is 0.317. The van der Waals surface area contributed by atoms with E-state index >= 15 is 0 Å². The average molecular weight is 307 g/mol. The lowest BCUT2D eigenvalue weighted by Crippen LogP contribution is -2.10. The number of rotatable bonds is 6. The van der Waals surface area contributed by atoms with Crippen molar-refractivity contribution in [1.29, 1.82) is 0 Å². The summed E-state index contributed by atoms with van der Waals surface area (Å²) in [7, 11) is 0. The van der Waals surface area contributed by atoms with Crippen LogP contribution in [0.25, 0.3) is 0 Å². The van der Waals surface area contributed by atoms with Crippen LogP contribution >= 0.6 is 11.6 Å². The Bertz CT molecular complexity index is 667. The van der Waals surface area contributed by atoms with E-state index < -0.39 is 5.56 Å². The minimum Gasteiger partial charge on any atom is -0.494 e. The molecule has 1 heterocycles. The second-order valence-electron chi connectivity index (χ2n) is 4.21. The fraction of sp³-hybridized carbons (Fsp3) is 0.214. The molecule has 2 aromatic rings. The van der Waals surface area contributed by atoms with Crippen LogP contribution in [0.3, 0.4) is 0 Å². The number of benzene rings is 1. The smallest absolute Gasteiger partial charge is 0.285 e. The molecule has 0 saturated carbocycles. The molecule has 6 nitrogen and oxygen atoms in total. The number of hydrogen-bond acceptors (Lipinski definition) is 5. The van der Waals surface area contributed by atoms with Crippen LogP contribution in [0.5, 0.6) is 5.75 Å². The van der Waals surface area contributed by atoms with Gasteiger partial charge in [-0.05, 0) is 36.2 Å². The number of aromatic amines is 1. The zero-order chi connectivity index (χ0) is 15.1. The Morgan fingerprint density at radius 3 is 2.90 bits per heavy atom. The molecule has 7 heteroatoms. The van der Waals surface area contributed by atoms with Crippen LogP contribution in [0.1, 0.15) is 18.9 Å². The molecular weight excluding hydrogens is 292 g/mol. The highest BCUT2D eigenvalue weighted by molar-refractivity contribution is 6.32. The second kappa shape index (κ2) is 7.44. The molecule has 0 saturated heterocycles. The van der Waals surface area contributed by atoms with E-state index in [2.05, 4.69) is 27.6 Å². The molecular formula is C14H15ClN4O2. The SMILES string of the molecule is CCCOc1ccc(/C=N\Nc2cn[nH]c(=O)c2Cl)cc1. The van der Waals surface area contributed by atoms with Crippen LogP contribution in [0.4, 0.5) is 5.69 Å². The standard InChI is InChI=1S/C14H15ClN4O2/c1-2-7-21-11-5-3-10(4-6-11)8-16-18-12-9-17-19-14(20)13(12)15/h3-6,8-9H,2,7H2,1H3,(H2,18,19,20)/b16-8-. The summed E-state index contributed by atoms with van der Waals surface area (Å²) in [5.74, 6) is 0.823. The van der Waals surface area contributed by atoms with Gasteiger partial charge >= 0.3 is 0 Å². The predicted molar refractivity (Wildman–Crippen MR) is 83.3 cm³/mol. The molecule has 0 bridgehead atoms. The maximum Gasteiger partial charge on any atom is 0.285 e. The number of ether oxygens (including phenoxy) is 1. The van der Waals surface area contributed by atoms with E-state index in [1.165, 1.54) is 6.20 Å². The molecule has 2 rings (SSSR count). The normalized spacial score (nSPS) is 10.8. The van der Waals surface area contributed by atoms with Crippen LogP contribution in [0.2, 0.25) is 5.02 Å². The van der Waals surface area contributed by atoms with Crippen LogP contribution < -0.4 is 15.7 Å². The van der Waals surface area contributed by atoms with Gasteiger partial charge in [-0.3, -0.25) is 10.2 Å². The van der Waals surface area contributed by atoms with Gasteiger partial charge in [-0.25, -0.2) is 5.10 Å². The summed E-state index contributed by atoms with van der Waals surface area (Å²) in [5.41, 5.74) is 3.45. The third kappa shape index (κ3) is 4.32.